The monoisotopic (exact) mass is 680 g/mol. The van der Waals surface area contributed by atoms with Crippen molar-refractivity contribution in [2.75, 3.05) is 33.9 Å². The number of carbonyl (C=O) groups is 2. The van der Waals surface area contributed by atoms with E-state index in [1.807, 2.05) is 0 Å². The minimum atomic E-state index is -0.00443. The molecular formula is C43H85NO4. The molecule has 5 nitrogen and oxygen atoms in total. The Bertz CT molecular complexity index is 693. The number of hydrogen-bond acceptors (Lipinski definition) is 5. The van der Waals surface area contributed by atoms with Crippen molar-refractivity contribution in [1.82, 2.24) is 4.90 Å². The molecule has 5 heteroatoms. The normalized spacial score (nSPS) is 14.0. The van der Waals surface area contributed by atoms with Crippen molar-refractivity contribution in [2.45, 2.75) is 190 Å². The number of esters is 2. The van der Waals surface area contributed by atoms with Crippen LogP contribution in [0.5, 0.6) is 0 Å². The van der Waals surface area contributed by atoms with Crippen molar-refractivity contribution in [3.63, 3.8) is 0 Å². The third-order valence-corrected chi connectivity index (χ3v) is 10.5. The van der Waals surface area contributed by atoms with Crippen LogP contribution in [-0.2, 0) is 19.1 Å². The van der Waals surface area contributed by atoms with Gasteiger partial charge < -0.3 is 14.4 Å². The van der Waals surface area contributed by atoms with Gasteiger partial charge in [0.2, 0.25) is 0 Å². The first-order valence-electron chi connectivity index (χ1n) is 20.8. The molecule has 0 aliphatic rings. The van der Waals surface area contributed by atoms with Gasteiger partial charge in [-0.2, -0.15) is 0 Å². The topological polar surface area (TPSA) is 55.8 Å². The third-order valence-electron chi connectivity index (χ3n) is 10.5. The lowest BCUT2D eigenvalue weighted by atomic mass is 9.89. The van der Waals surface area contributed by atoms with E-state index in [9.17, 15) is 9.59 Å². The highest BCUT2D eigenvalue weighted by molar-refractivity contribution is 5.69. The molecule has 2 atom stereocenters. The lowest BCUT2D eigenvalue weighted by Crippen LogP contribution is -2.19. The van der Waals surface area contributed by atoms with Crippen LogP contribution in [0.2, 0.25) is 0 Å². The number of ether oxygens (including phenoxy) is 2. The van der Waals surface area contributed by atoms with Crippen molar-refractivity contribution in [1.29, 1.82) is 0 Å². The summed E-state index contributed by atoms with van der Waals surface area (Å²) < 4.78 is 11.3. The maximum atomic E-state index is 12.3. The van der Waals surface area contributed by atoms with Crippen LogP contribution in [0.25, 0.3) is 0 Å². The van der Waals surface area contributed by atoms with Gasteiger partial charge in [0.05, 0.1) is 13.2 Å². The summed E-state index contributed by atoms with van der Waals surface area (Å²) in [5.74, 6) is 4.31. The van der Waals surface area contributed by atoms with Crippen LogP contribution in [0.1, 0.15) is 190 Å². The molecule has 0 amide bonds. The van der Waals surface area contributed by atoms with Gasteiger partial charge in [0.1, 0.15) is 0 Å². The quantitative estimate of drug-likeness (QED) is 0.0510. The molecule has 0 fully saturated rings. The van der Waals surface area contributed by atoms with E-state index in [2.05, 4.69) is 74.4 Å². The zero-order valence-corrected chi connectivity index (χ0v) is 34.1. The number of rotatable bonds is 33. The van der Waals surface area contributed by atoms with Crippen LogP contribution in [0.15, 0.2) is 0 Å². The fourth-order valence-corrected chi connectivity index (χ4v) is 6.62. The molecular weight excluding hydrogens is 594 g/mol. The third kappa shape index (κ3) is 29.8. The highest BCUT2D eigenvalue weighted by Gasteiger charge is 2.18. The van der Waals surface area contributed by atoms with Crippen LogP contribution in [-0.4, -0.2) is 50.7 Å². The van der Waals surface area contributed by atoms with E-state index < -0.39 is 0 Å². The SMILES string of the molecule is CC(C)CCC(COC(=O)CCCCCCCC(CCCCCCCC(=O)OCC(CCC(C)C)C(C)C)CCCCN(C)C)C(C)C. The highest BCUT2D eigenvalue weighted by Crippen LogP contribution is 2.25. The van der Waals surface area contributed by atoms with E-state index in [-0.39, 0.29) is 11.9 Å². The first-order chi connectivity index (χ1) is 22.8. The van der Waals surface area contributed by atoms with Gasteiger partial charge in [-0.15, -0.1) is 0 Å². The largest absolute Gasteiger partial charge is 0.465 e. The van der Waals surface area contributed by atoms with E-state index in [1.165, 1.54) is 90.0 Å². The van der Waals surface area contributed by atoms with Crippen LogP contribution in [0.4, 0.5) is 0 Å². The molecule has 48 heavy (non-hydrogen) atoms. The average molecular weight is 680 g/mol. The highest BCUT2D eigenvalue weighted by atomic mass is 16.5. The zero-order valence-electron chi connectivity index (χ0n) is 34.1. The molecule has 0 aromatic heterocycles. The lowest BCUT2D eigenvalue weighted by Gasteiger charge is -2.21. The average Bonchev–Trinajstić information content (AvgIpc) is 3.00. The van der Waals surface area contributed by atoms with Gasteiger partial charge in [0.25, 0.3) is 0 Å². The van der Waals surface area contributed by atoms with E-state index in [4.69, 9.17) is 9.47 Å². The molecule has 2 unspecified atom stereocenters. The Kier molecular flexibility index (Phi) is 30.0. The minimum absolute atomic E-state index is 0.00443. The van der Waals surface area contributed by atoms with Crippen LogP contribution >= 0.6 is 0 Å². The second-order valence-corrected chi connectivity index (χ2v) is 17.1. The van der Waals surface area contributed by atoms with Crippen molar-refractivity contribution >= 4 is 11.9 Å². The van der Waals surface area contributed by atoms with Gasteiger partial charge in [-0.3, -0.25) is 9.59 Å². The first-order valence-corrected chi connectivity index (χ1v) is 20.8. The maximum absolute atomic E-state index is 12.3. The molecule has 0 spiro atoms. The van der Waals surface area contributed by atoms with Gasteiger partial charge in [0.15, 0.2) is 0 Å². The number of carbonyl (C=O) groups excluding carboxylic acids is 2. The Labute approximate surface area is 300 Å². The molecule has 0 bridgehead atoms. The molecule has 286 valence electrons. The fraction of sp³-hybridized carbons (Fsp3) is 0.953. The van der Waals surface area contributed by atoms with Gasteiger partial charge >= 0.3 is 11.9 Å². The van der Waals surface area contributed by atoms with Crippen molar-refractivity contribution in [3.05, 3.63) is 0 Å². The standard InChI is InChI=1S/C43H85NO4/c1-35(2)28-30-40(37(5)6)33-47-42(45)26-19-15-11-13-17-23-39(25-21-22-32-44(9)10)24-18-14-12-16-20-27-43(46)48-34-41(38(7)8)31-29-36(3)4/h35-41H,11-34H2,1-10H3. The summed E-state index contributed by atoms with van der Waals surface area (Å²) in [6.45, 7) is 20.4. The summed E-state index contributed by atoms with van der Waals surface area (Å²) in [5, 5.41) is 0. The molecule has 0 heterocycles. The summed E-state index contributed by atoms with van der Waals surface area (Å²) >= 11 is 0. The predicted octanol–water partition coefficient (Wildman–Crippen LogP) is 12.3. The molecule has 0 saturated carbocycles. The van der Waals surface area contributed by atoms with Gasteiger partial charge in [-0.1, -0.05) is 145 Å². The number of nitrogens with zero attached hydrogens (tertiary/aromatic N) is 1. The summed E-state index contributed by atoms with van der Waals surface area (Å²) in [6.07, 6.45) is 24.3. The molecule has 0 aliphatic carbocycles. The Morgan fingerprint density at radius 2 is 0.812 bits per heavy atom. The van der Waals surface area contributed by atoms with E-state index >= 15 is 0 Å². The predicted molar refractivity (Wildman–Crippen MR) is 207 cm³/mol. The molecule has 0 aromatic rings. The number of hydrogen-bond donors (Lipinski definition) is 0. The molecule has 0 N–H and O–H groups in total. The first kappa shape index (κ1) is 46.9. The lowest BCUT2D eigenvalue weighted by molar-refractivity contribution is -0.146. The van der Waals surface area contributed by atoms with Crippen molar-refractivity contribution < 1.29 is 19.1 Å². The molecule has 0 aliphatic heterocycles. The van der Waals surface area contributed by atoms with Crippen molar-refractivity contribution in [3.8, 4) is 0 Å². The van der Waals surface area contributed by atoms with Crippen LogP contribution < -0.4 is 0 Å². The summed E-state index contributed by atoms with van der Waals surface area (Å²) in [6, 6.07) is 0. The smallest absolute Gasteiger partial charge is 0.305 e. The Morgan fingerprint density at radius 3 is 1.17 bits per heavy atom. The van der Waals surface area contributed by atoms with Gasteiger partial charge in [-0.05, 0) is 94.2 Å². The molecule has 0 saturated heterocycles. The van der Waals surface area contributed by atoms with Crippen LogP contribution in [0, 0.1) is 41.4 Å². The molecule has 0 radical (unpaired) electrons. The summed E-state index contributed by atoms with van der Waals surface area (Å²) in [4.78, 5) is 27.0. The Morgan fingerprint density at radius 1 is 0.458 bits per heavy atom. The number of unbranched alkanes of at least 4 members (excludes halogenated alkanes) is 9. The van der Waals surface area contributed by atoms with E-state index in [0.29, 0.717) is 61.6 Å². The molecule has 0 aromatic carbocycles. The van der Waals surface area contributed by atoms with Gasteiger partial charge in [0, 0.05) is 12.8 Å². The second-order valence-electron chi connectivity index (χ2n) is 17.1. The minimum Gasteiger partial charge on any atom is -0.465 e. The van der Waals surface area contributed by atoms with Crippen LogP contribution in [0.3, 0.4) is 0 Å². The molecule has 0 rings (SSSR count). The maximum Gasteiger partial charge on any atom is 0.305 e. The summed E-state index contributed by atoms with van der Waals surface area (Å²) in [5.41, 5.74) is 0. The van der Waals surface area contributed by atoms with Gasteiger partial charge in [-0.25, -0.2) is 0 Å². The fourth-order valence-electron chi connectivity index (χ4n) is 6.62. The summed E-state index contributed by atoms with van der Waals surface area (Å²) in [7, 11) is 4.34. The van der Waals surface area contributed by atoms with E-state index in [1.54, 1.807) is 0 Å². The Balaban J connectivity index is 4.19. The second kappa shape index (κ2) is 30.7. The van der Waals surface area contributed by atoms with E-state index in [0.717, 1.165) is 44.4 Å². The Hall–Kier alpha value is -1.10. The van der Waals surface area contributed by atoms with Crippen molar-refractivity contribution in [2.24, 2.45) is 41.4 Å². The zero-order chi connectivity index (χ0) is 36.2.